The largest absolute Gasteiger partial charge is 0.366 e. The third-order valence-corrected chi connectivity index (χ3v) is 6.41. The Kier molecular flexibility index (Phi) is 5.67. The number of nitrogens with two attached hydrogens (primary N) is 1. The summed E-state index contributed by atoms with van der Waals surface area (Å²) >= 11 is 0. The number of primary amides is 1. The molecular weight excluding hydrogens is 362 g/mol. The van der Waals surface area contributed by atoms with Gasteiger partial charge in [0.15, 0.2) is 0 Å². The third kappa shape index (κ3) is 4.35. The van der Waals surface area contributed by atoms with Crippen LogP contribution in [0, 0.1) is 0 Å². The van der Waals surface area contributed by atoms with Crippen molar-refractivity contribution in [3.63, 3.8) is 0 Å². The average Bonchev–Trinajstić information content (AvgIpc) is 3.19. The Morgan fingerprint density at radius 2 is 1.72 bits per heavy atom. The van der Waals surface area contributed by atoms with Crippen LogP contribution in [0.1, 0.15) is 53.6 Å². The standard InChI is InChI=1S/C24H29N3O2/c25-23(29)20-16-19(24(11-6-12-24)17-27-13-4-5-14-27)9-10-21(20)26-22(28)15-18-7-2-1-3-8-18/h1-3,7-10,16H,4-6,11-15,17H2,(H2,25,29)(H,26,28). The molecule has 0 atom stereocenters. The fraction of sp³-hybridized carbons (Fsp3) is 0.417. The van der Waals surface area contributed by atoms with E-state index >= 15 is 0 Å². The monoisotopic (exact) mass is 391 g/mol. The maximum atomic E-state index is 12.5. The minimum Gasteiger partial charge on any atom is -0.366 e. The summed E-state index contributed by atoms with van der Waals surface area (Å²) in [5.74, 6) is -0.653. The molecule has 1 aliphatic heterocycles. The lowest BCUT2D eigenvalue weighted by atomic mass is 9.64. The molecule has 5 nitrogen and oxygen atoms in total. The predicted molar refractivity (Wildman–Crippen MR) is 115 cm³/mol. The number of carbonyl (C=O) groups excluding carboxylic acids is 2. The second-order valence-electron chi connectivity index (χ2n) is 8.45. The quantitative estimate of drug-likeness (QED) is 0.759. The molecule has 152 valence electrons. The fourth-order valence-electron chi connectivity index (χ4n) is 4.67. The highest BCUT2D eigenvalue weighted by atomic mass is 16.2. The summed E-state index contributed by atoms with van der Waals surface area (Å²) in [5.41, 5.74) is 8.79. The van der Waals surface area contributed by atoms with Crippen molar-refractivity contribution in [2.24, 2.45) is 5.73 Å². The molecule has 2 aromatic rings. The maximum absolute atomic E-state index is 12.5. The van der Waals surface area contributed by atoms with Gasteiger partial charge in [-0.3, -0.25) is 9.59 Å². The molecule has 2 aromatic carbocycles. The van der Waals surface area contributed by atoms with E-state index in [-0.39, 0.29) is 17.7 Å². The number of hydrogen-bond donors (Lipinski definition) is 2. The Balaban J connectivity index is 1.53. The zero-order chi connectivity index (χ0) is 20.3. The molecule has 2 amide bonds. The lowest BCUT2D eigenvalue weighted by Crippen LogP contribution is -2.45. The van der Waals surface area contributed by atoms with Gasteiger partial charge in [0.05, 0.1) is 17.7 Å². The summed E-state index contributed by atoms with van der Waals surface area (Å²) in [5, 5.41) is 2.88. The van der Waals surface area contributed by atoms with Crippen molar-refractivity contribution in [3.8, 4) is 0 Å². The first-order valence-electron chi connectivity index (χ1n) is 10.6. The molecule has 2 aliphatic rings. The van der Waals surface area contributed by atoms with E-state index < -0.39 is 5.91 Å². The van der Waals surface area contributed by atoms with Crippen LogP contribution in [0.25, 0.3) is 0 Å². The Labute approximate surface area is 172 Å². The molecule has 3 N–H and O–H groups in total. The summed E-state index contributed by atoms with van der Waals surface area (Å²) in [6.07, 6.45) is 6.31. The molecule has 1 saturated carbocycles. The van der Waals surface area contributed by atoms with Gasteiger partial charge in [-0.25, -0.2) is 0 Å². The van der Waals surface area contributed by atoms with Crippen LogP contribution in [0.2, 0.25) is 0 Å². The van der Waals surface area contributed by atoms with Gasteiger partial charge < -0.3 is 16.0 Å². The molecule has 1 heterocycles. The van der Waals surface area contributed by atoms with Crippen molar-refractivity contribution in [2.75, 3.05) is 25.0 Å². The van der Waals surface area contributed by atoms with E-state index in [0.717, 1.165) is 38.0 Å². The van der Waals surface area contributed by atoms with E-state index in [1.807, 2.05) is 42.5 Å². The van der Waals surface area contributed by atoms with Crippen molar-refractivity contribution in [2.45, 2.75) is 43.9 Å². The summed E-state index contributed by atoms with van der Waals surface area (Å²) in [6.45, 7) is 3.38. The number of anilines is 1. The topological polar surface area (TPSA) is 75.4 Å². The highest BCUT2D eigenvalue weighted by Gasteiger charge is 2.40. The molecule has 0 aromatic heterocycles. The van der Waals surface area contributed by atoms with Crippen LogP contribution in [0.5, 0.6) is 0 Å². The number of nitrogens with zero attached hydrogens (tertiary/aromatic N) is 1. The normalized spacial score (nSPS) is 18.2. The van der Waals surface area contributed by atoms with Crippen molar-refractivity contribution in [1.82, 2.24) is 4.90 Å². The Bertz CT molecular complexity index is 884. The Morgan fingerprint density at radius 1 is 1.00 bits per heavy atom. The van der Waals surface area contributed by atoms with Gasteiger partial charge in [0.2, 0.25) is 5.91 Å². The number of rotatable bonds is 7. The van der Waals surface area contributed by atoms with Crippen LogP contribution in [0.4, 0.5) is 5.69 Å². The van der Waals surface area contributed by atoms with Gasteiger partial charge in [0.25, 0.3) is 5.91 Å². The number of likely N-dealkylation sites (tertiary alicyclic amines) is 1. The Morgan fingerprint density at radius 3 is 2.34 bits per heavy atom. The molecule has 1 saturated heterocycles. The number of carbonyl (C=O) groups is 2. The van der Waals surface area contributed by atoms with Gasteiger partial charge >= 0.3 is 0 Å². The Hall–Kier alpha value is -2.66. The molecule has 5 heteroatoms. The molecule has 0 spiro atoms. The van der Waals surface area contributed by atoms with Crippen molar-refractivity contribution < 1.29 is 9.59 Å². The summed E-state index contributed by atoms with van der Waals surface area (Å²) in [6, 6.07) is 15.4. The molecule has 1 aliphatic carbocycles. The molecule has 4 rings (SSSR count). The lowest BCUT2D eigenvalue weighted by molar-refractivity contribution is -0.115. The zero-order valence-electron chi connectivity index (χ0n) is 16.8. The minimum absolute atomic E-state index is 0.112. The lowest BCUT2D eigenvalue weighted by Gasteiger charge is -2.45. The predicted octanol–water partition coefficient (Wildman–Crippen LogP) is 3.48. The molecule has 0 unspecified atom stereocenters. The van der Waals surface area contributed by atoms with Crippen molar-refractivity contribution in [3.05, 3.63) is 65.2 Å². The van der Waals surface area contributed by atoms with Crippen LogP contribution < -0.4 is 11.1 Å². The summed E-state index contributed by atoms with van der Waals surface area (Å²) < 4.78 is 0. The summed E-state index contributed by atoms with van der Waals surface area (Å²) in [7, 11) is 0. The van der Waals surface area contributed by atoms with E-state index in [9.17, 15) is 9.59 Å². The van der Waals surface area contributed by atoms with Gasteiger partial charge in [-0.1, -0.05) is 42.8 Å². The maximum Gasteiger partial charge on any atom is 0.250 e. The average molecular weight is 392 g/mol. The highest BCUT2D eigenvalue weighted by Crippen LogP contribution is 2.45. The molecule has 2 fully saturated rings. The van der Waals surface area contributed by atoms with Gasteiger partial charge in [-0.2, -0.15) is 0 Å². The number of hydrogen-bond acceptors (Lipinski definition) is 3. The zero-order valence-corrected chi connectivity index (χ0v) is 16.8. The SMILES string of the molecule is NC(=O)c1cc(C2(CN3CCCC3)CCC2)ccc1NC(=O)Cc1ccccc1. The number of nitrogens with one attached hydrogen (secondary N) is 1. The number of benzene rings is 2. The molecular formula is C24H29N3O2. The van der Waals surface area contributed by atoms with E-state index in [0.29, 0.717) is 11.3 Å². The first-order chi connectivity index (χ1) is 14.1. The summed E-state index contributed by atoms with van der Waals surface area (Å²) in [4.78, 5) is 27.2. The first-order valence-corrected chi connectivity index (χ1v) is 10.6. The second-order valence-corrected chi connectivity index (χ2v) is 8.45. The highest BCUT2D eigenvalue weighted by molar-refractivity contribution is 6.03. The van der Waals surface area contributed by atoms with Crippen LogP contribution >= 0.6 is 0 Å². The molecule has 29 heavy (non-hydrogen) atoms. The number of amides is 2. The van der Waals surface area contributed by atoms with Gasteiger partial charge in [-0.15, -0.1) is 0 Å². The van der Waals surface area contributed by atoms with Crippen molar-refractivity contribution in [1.29, 1.82) is 0 Å². The van der Waals surface area contributed by atoms with E-state index in [2.05, 4.69) is 16.3 Å². The molecule has 0 radical (unpaired) electrons. The van der Waals surface area contributed by atoms with E-state index in [4.69, 9.17) is 5.73 Å². The van der Waals surface area contributed by atoms with Gasteiger partial charge in [0, 0.05) is 12.0 Å². The first kappa shape index (κ1) is 19.6. The van der Waals surface area contributed by atoms with E-state index in [1.54, 1.807) is 0 Å². The minimum atomic E-state index is -0.502. The van der Waals surface area contributed by atoms with Gasteiger partial charge in [-0.05, 0) is 62.0 Å². The smallest absolute Gasteiger partial charge is 0.250 e. The van der Waals surface area contributed by atoms with Crippen LogP contribution in [0.15, 0.2) is 48.5 Å². The van der Waals surface area contributed by atoms with Crippen LogP contribution in [0.3, 0.4) is 0 Å². The van der Waals surface area contributed by atoms with Crippen molar-refractivity contribution >= 4 is 17.5 Å². The second kappa shape index (κ2) is 8.37. The van der Waals surface area contributed by atoms with Crippen LogP contribution in [-0.2, 0) is 16.6 Å². The van der Waals surface area contributed by atoms with Crippen LogP contribution in [-0.4, -0.2) is 36.3 Å². The molecule has 0 bridgehead atoms. The third-order valence-electron chi connectivity index (χ3n) is 6.41. The fourth-order valence-corrected chi connectivity index (χ4v) is 4.67. The van der Waals surface area contributed by atoms with Gasteiger partial charge in [0.1, 0.15) is 0 Å². The van der Waals surface area contributed by atoms with E-state index in [1.165, 1.54) is 24.8 Å².